The highest BCUT2D eigenvalue weighted by molar-refractivity contribution is 9.10. The number of ketones is 1. The molecule has 2 rings (SSSR count). The number of halogens is 1. The summed E-state index contributed by atoms with van der Waals surface area (Å²) in [4.78, 5) is 11.1. The Morgan fingerprint density at radius 3 is 2.92 bits per heavy atom. The molecular weight excluding hydrogens is 232 g/mol. The molecule has 0 N–H and O–H groups in total. The van der Waals surface area contributed by atoms with Gasteiger partial charge in [-0.1, -0.05) is 15.9 Å². The van der Waals surface area contributed by atoms with Gasteiger partial charge in [-0.05, 0) is 18.2 Å². The van der Waals surface area contributed by atoms with Crippen LogP contribution in [-0.4, -0.2) is 5.78 Å². The summed E-state index contributed by atoms with van der Waals surface area (Å²) in [6.45, 7) is 1.50. The molecule has 0 unspecified atom stereocenters. The molecule has 0 amide bonds. The molecule has 1 aromatic heterocycles. The van der Waals surface area contributed by atoms with Gasteiger partial charge in [-0.15, -0.1) is 0 Å². The number of carbonyl (C=O) groups excluding carboxylic acids is 1. The van der Waals surface area contributed by atoms with Crippen LogP contribution in [0, 0.1) is 0 Å². The molecule has 0 saturated carbocycles. The zero-order chi connectivity index (χ0) is 9.42. The quantitative estimate of drug-likeness (QED) is 0.714. The first-order valence-corrected chi connectivity index (χ1v) is 4.65. The van der Waals surface area contributed by atoms with Crippen molar-refractivity contribution in [3.63, 3.8) is 0 Å². The molecule has 2 aromatic rings. The van der Waals surface area contributed by atoms with Crippen LogP contribution in [-0.2, 0) is 0 Å². The number of rotatable bonds is 1. The third-order valence-corrected chi connectivity index (χ3v) is 2.37. The first-order chi connectivity index (χ1) is 6.18. The smallest absolute Gasteiger partial charge is 0.195 e. The van der Waals surface area contributed by atoms with E-state index in [4.69, 9.17) is 4.42 Å². The highest BCUT2D eigenvalue weighted by Crippen LogP contribution is 2.24. The molecule has 0 atom stereocenters. The van der Waals surface area contributed by atoms with Crippen LogP contribution < -0.4 is 0 Å². The molecule has 1 aromatic carbocycles. The van der Waals surface area contributed by atoms with Gasteiger partial charge in [-0.2, -0.15) is 0 Å². The van der Waals surface area contributed by atoms with Crippen LogP contribution in [0.1, 0.15) is 17.5 Å². The van der Waals surface area contributed by atoms with Crippen LogP contribution in [0.25, 0.3) is 10.8 Å². The second-order valence-electron chi connectivity index (χ2n) is 2.85. The Morgan fingerprint density at radius 1 is 1.46 bits per heavy atom. The zero-order valence-corrected chi connectivity index (χ0v) is 8.59. The number of Topliss-reactive ketones (excluding diaryl/α,β-unsaturated/α-hetero) is 1. The lowest BCUT2D eigenvalue weighted by atomic mass is 10.1. The molecule has 1 heterocycles. The lowest BCUT2D eigenvalue weighted by Gasteiger charge is -1.91. The molecule has 66 valence electrons. The third kappa shape index (κ3) is 1.40. The summed E-state index contributed by atoms with van der Waals surface area (Å²) in [5.41, 5.74) is 0. The average molecular weight is 239 g/mol. The fraction of sp³-hybridized carbons (Fsp3) is 0.100. The summed E-state index contributed by atoms with van der Waals surface area (Å²) in [5.74, 6) is 0.389. The van der Waals surface area contributed by atoms with Crippen molar-refractivity contribution in [2.75, 3.05) is 0 Å². The summed E-state index contributed by atoms with van der Waals surface area (Å²) >= 11 is 3.35. The van der Waals surface area contributed by atoms with E-state index < -0.39 is 0 Å². The van der Waals surface area contributed by atoms with E-state index in [1.807, 2.05) is 18.2 Å². The Morgan fingerprint density at radius 2 is 2.23 bits per heavy atom. The predicted molar refractivity (Wildman–Crippen MR) is 53.9 cm³/mol. The molecule has 0 aliphatic carbocycles. The van der Waals surface area contributed by atoms with Crippen LogP contribution >= 0.6 is 15.9 Å². The molecule has 0 saturated heterocycles. The number of carbonyl (C=O) groups is 1. The fourth-order valence-electron chi connectivity index (χ4n) is 1.30. The van der Waals surface area contributed by atoms with Crippen LogP contribution in [0.5, 0.6) is 0 Å². The zero-order valence-electron chi connectivity index (χ0n) is 7.00. The van der Waals surface area contributed by atoms with E-state index in [-0.39, 0.29) is 5.78 Å². The van der Waals surface area contributed by atoms with Crippen molar-refractivity contribution in [2.24, 2.45) is 0 Å². The van der Waals surface area contributed by atoms with Gasteiger partial charge in [-0.3, -0.25) is 4.79 Å². The van der Waals surface area contributed by atoms with Crippen LogP contribution in [0.3, 0.4) is 0 Å². The largest absolute Gasteiger partial charge is 0.460 e. The maximum Gasteiger partial charge on any atom is 0.195 e. The predicted octanol–water partition coefficient (Wildman–Crippen LogP) is 3.40. The van der Waals surface area contributed by atoms with Gasteiger partial charge in [0.05, 0.1) is 6.26 Å². The SMILES string of the molecule is CC(=O)c1occ2cc(Br)ccc12. The highest BCUT2D eigenvalue weighted by Gasteiger charge is 2.09. The number of hydrogen-bond acceptors (Lipinski definition) is 2. The maximum atomic E-state index is 11.1. The van der Waals surface area contributed by atoms with Crippen molar-refractivity contribution < 1.29 is 9.21 Å². The van der Waals surface area contributed by atoms with E-state index in [1.54, 1.807) is 6.26 Å². The van der Waals surface area contributed by atoms with Crippen LogP contribution in [0.15, 0.2) is 33.4 Å². The Hall–Kier alpha value is -1.09. The molecule has 2 nitrogen and oxygen atoms in total. The van der Waals surface area contributed by atoms with E-state index in [0.29, 0.717) is 5.76 Å². The first kappa shape index (κ1) is 8.51. The lowest BCUT2D eigenvalue weighted by Crippen LogP contribution is -1.87. The summed E-state index contributed by atoms with van der Waals surface area (Å²) in [7, 11) is 0. The minimum absolute atomic E-state index is 0.0441. The average Bonchev–Trinajstić information content (AvgIpc) is 2.46. The molecule has 0 aliphatic heterocycles. The Balaban J connectivity index is 2.76. The molecule has 3 heteroatoms. The Bertz CT molecular complexity index is 471. The second-order valence-corrected chi connectivity index (χ2v) is 3.77. The summed E-state index contributed by atoms with van der Waals surface area (Å²) in [6.07, 6.45) is 1.59. The highest BCUT2D eigenvalue weighted by atomic mass is 79.9. The molecule has 13 heavy (non-hydrogen) atoms. The minimum atomic E-state index is -0.0441. The number of hydrogen-bond donors (Lipinski definition) is 0. The molecular formula is C10H7BrO2. The van der Waals surface area contributed by atoms with E-state index in [0.717, 1.165) is 15.2 Å². The first-order valence-electron chi connectivity index (χ1n) is 3.86. The fourth-order valence-corrected chi connectivity index (χ4v) is 1.68. The van der Waals surface area contributed by atoms with E-state index in [1.165, 1.54) is 6.92 Å². The van der Waals surface area contributed by atoms with Gasteiger partial charge in [0.25, 0.3) is 0 Å². The van der Waals surface area contributed by atoms with Crippen molar-refractivity contribution in [1.82, 2.24) is 0 Å². The molecule has 0 fully saturated rings. The van der Waals surface area contributed by atoms with Gasteiger partial charge in [-0.25, -0.2) is 0 Å². The van der Waals surface area contributed by atoms with Gasteiger partial charge >= 0.3 is 0 Å². The topological polar surface area (TPSA) is 30.2 Å². The lowest BCUT2D eigenvalue weighted by molar-refractivity contribution is 0.0989. The van der Waals surface area contributed by atoms with Gasteiger partial charge < -0.3 is 4.42 Å². The summed E-state index contributed by atoms with van der Waals surface area (Å²) in [6, 6.07) is 5.69. The second kappa shape index (κ2) is 3.00. The Labute approximate surface area is 83.7 Å². The van der Waals surface area contributed by atoms with E-state index in [9.17, 15) is 4.79 Å². The summed E-state index contributed by atoms with van der Waals surface area (Å²) in [5, 5.41) is 1.82. The normalized spacial score (nSPS) is 10.6. The van der Waals surface area contributed by atoms with Crippen molar-refractivity contribution >= 4 is 32.5 Å². The monoisotopic (exact) mass is 238 g/mol. The standard InChI is InChI=1S/C10H7BrO2/c1-6(12)10-9-3-2-8(11)4-7(9)5-13-10/h2-5H,1H3. The van der Waals surface area contributed by atoms with Crippen molar-refractivity contribution in [3.05, 3.63) is 34.7 Å². The van der Waals surface area contributed by atoms with E-state index in [2.05, 4.69) is 15.9 Å². The van der Waals surface area contributed by atoms with Crippen molar-refractivity contribution in [3.8, 4) is 0 Å². The third-order valence-electron chi connectivity index (χ3n) is 1.88. The molecule has 0 spiro atoms. The maximum absolute atomic E-state index is 11.1. The van der Waals surface area contributed by atoms with Gasteiger partial charge in [0.15, 0.2) is 11.5 Å². The van der Waals surface area contributed by atoms with E-state index >= 15 is 0 Å². The van der Waals surface area contributed by atoms with Gasteiger partial charge in [0.1, 0.15) is 0 Å². The van der Waals surface area contributed by atoms with Crippen LogP contribution in [0.4, 0.5) is 0 Å². The number of benzene rings is 1. The summed E-state index contributed by atoms with van der Waals surface area (Å²) < 4.78 is 6.14. The molecule has 0 radical (unpaired) electrons. The molecule has 0 bridgehead atoms. The van der Waals surface area contributed by atoms with Crippen LogP contribution in [0.2, 0.25) is 0 Å². The van der Waals surface area contributed by atoms with Gasteiger partial charge in [0, 0.05) is 22.2 Å². The van der Waals surface area contributed by atoms with Crippen molar-refractivity contribution in [1.29, 1.82) is 0 Å². The molecule has 0 aliphatic rings. The minimum Gasteiger partial charge on any atom is -0.460 e. The van der Waals surface area contributed by atoms with Crippen molar-refractivity contribution in [2.45, 2.75) is 6.92 Å². The van der Waals surface area contributed by atoms with Gasteiger partial charge in [0.2, 0.25) is 0 Å². The number of furan rings is 1. The number of fused-ring (bicyclic) bond motifs is 1. The Kier molecular flexibility index (Phi) is 1.96.